The van der Waals surface area contributed by atoms with Crippen LogP contribution >= 0.6 is 0 Å². The number of carbonyl (C=O) groups excluding carboxylic acids is 2. The van der Waals surface area contributed by atoms with Crippen molar-refractivity contribution in [2.24, 2.45) is 5.73 Å². The summed E-state index contributed by atoms with van der Waals surface area (Å²) in [5.74, 6) is -2.82. The molecule has 3 atom stereocenters. The van der Waals surface area contributed by atoms with Crippen LogP contribution in [0.3, 0.4) is 0 Å². The molecule has 1 saturated heterocycles. The van der Waals surface area contributed by atoms with E-state index in [9.17, 15) is 23.3 Å². The molecule has 3 unspecified atom stereocenters. The van der Waals surface area contributed by atoms with E-state index in [1.165, 1.54) is 40.6 Å². The fraction of sp³-hybridized carbons (Fsp3) is 0.345. The molecule has 2 aliphatic heterocycles. The monoisotopic (exact) mass is 564 g/mol. The molecule has 210 valence electrons. The number of hydrogen-bond acceptors (Lipinski definition) is 9. The lowest BCUT2D eigenvalue weighted by Gasteiger charge is -2.38. The van der Waals surface area contributed by atoms with E-state index in [1.54, 1.807) is 30.3 Å². The minimum atomic E-state index is -3.80. The Labute approximate surface area is 234 Å². The second-order valence-corrected chi connectivity index (χ2v) is 11.6. The summed E-state index contributed by atoms with van der Waals surface area (Å²) in [6.45, 7) is 3.80. The number of sulfonamides is 1. The Morgan fingerprint density at radius 3 is 2.05 bits per heavy atom. The van der Waals surface area contributed by atoms with Crippen molar-refractivity contribution >= 4 is 27.6 Å². The Morgan fingerprint density at radius 1 is 0.950 bits per heavy atom. The first kappa shape index (κ1) is 28.9. The van der Waals surface area contributed by atoms with E-state index in [0.717, 1.165) is 26.4 Å². The minimum absolute atomic E-state index is 0.0203. The zero-order valence-electron chi connectivity index (χ0n) is 22.8. The van der Waals surface area contributed by atoms with Gasteiger partial charge in [0.05, 0.1) is 42.2 Å². The van der Waals surface area contributed by atoms with E-state index < -0.39 is 27.9 Å². The molecular formula is C29H32N4O6S. The smallest absolute Gasteiger partial charge is 0.355 e. The summed E-state index contributed by atoms with van der Waals surface area (Å²) in [6.07, 6.45) is 2.52. The molecule has 10 nitrogen and oxygen atoms in total. The van der Waals surface area contributed by atoms with E-state index >= 15 is 0 Å². The molecule has 0 aliphatic carbocycles. The number of carbonyl (C=O) groups is 2. The van der Waals surface area contributed by atoms with Crippen molar-refractivity contribution in [2.45, 2.75) is 56.0 Å². The summed E-state index contributed by atoms with van der Waals surface area (Å²) in [4.78, 5) is 27.7. The summed E-state index contributed by atoms with van der Waals surface area (Å²) < 4.78 is 38.7. The van der Waals surface area contributed by atoms with E-state index in [2.05, 4.69) is 6.07 Å². The minimum Gasteiger partial charge on any atom is -0.466 e. The van der Waals surface area contributed by atoms with E-state index in [0.29, 0.717) is 5.56 Å². The van der Waals surface area contributed by atoms with Gasteiger partial charge in [0.2, 0.25) is 10.0 Å². The molecule has 0 bridgehead atoms. The molecule has 4 rings (SSSR count). The van der Waals surface area contributed by atoms with Crippen molar-refractivity contribution in [1.29, 1.82) is 5.26 Å². The van der Waals surface area contributed by atoms with Crippen LogP contribution < -0.4 is 10.6 Å². The highest BCUT2D eigenvalue weighted by Gasteiger charge is 2.43. The summed E-state index contributed by atoms with van der Waals surface area (Å²) >= 11 is 0. The third kappa shape index (κ3) is 4.96. The standard InChI is InChI=1S/C29H32N4O6S/c1-18-9-8-10-19(2)33(18)40(36,37)22-15-13-21(14-16-22)32-26(29(35)39-4)25(28(34)38-3)24(23(17-30)27(32)31)20-11-6-5-7-12-20/h5-7,11-16,18-19,24H,8-10,31H2,1-4H3. The highest BCUT2D eigenvalue weighted by molar-refractivity contribution is 7.89. The maximum absolute atomic E-state index is 13.5. The van der Waals surface area contributed by atoms with Crippen LogP contribution in [0, 0.1) is 11.3 Å². The molecule has 0 spiro atoms. The first-order chi connectivity index (χ1) is 19.1. The highest BCUT2D eigenvalue weighted by atomic mass is 32.2. The van der Waals surface area contributed by atoms with Gasteiger partial charge in [0, 0.05) is 17.8 Å². The molecule has 0 aromatic heterocycles. The van der Waals surface area contributed by atoms with Crippen LogP contribution in [0.1, 0.15) is 44.6 Å². The van der Waals surface area contributed by atoms with Crippen LogP contribution in [0.15, 0.2) is 82.2 Å². The fourth-order valence-corrected chi connectivity index (χ4v) is 7.42. The van der Waals surface area contributed by atoms with Crippen molar-refractivity contribution in [1.82, 2.24) is 4.31 Å². The summed E-state index contributed by atoms with van der Waals surface area (Å²) in [5.41, 5.74) is 7.00. The number of allylic oxidation sites excluding steroid dienone is 1. The van der Waals surface area contributed by atoms with Crippen molar-refractivity contribution in [3.05, 3.63) is 82.8 Å². The fourth-order valence-electron chi connectivity index (χ4n) is 5.54. The van der Waals surface area contributed by atoms with Crippen molar-refractivity contribution < 1.29 is 27.5 Å². The molecule has 0 radical (unpaired) electrons. The van der Waals surface area contributed by atoms with Crippen LogP contribution in [0.4, 0.5) is 5.69 Å². The summed E-state index contributed by atoms with van der Waals surface area (Å²) in [6, 6.07) is 16.3. The second-order valence-electron chi connectivity index (χ2n) is 9.79. The lowest BCUT2D eigenvalue weighted by Crippen LogP contribution is -2.47. The predicted octanol–water partition coefficient (Wildman–Crippen LogP) is 3.54. The van der Waals surface area contributed by atoms with Crippen molar-refractivity contribution in [2.75, 3.05) is 19.1 Å². The summed E-state index contributed by atoms with van der Waals surface area (Å²) in [7, 11) is -1.47. The lowest BCUT2D eigenvalue weighted by atomic mass is 9.81. The maximum Gasteiger partial charge on any atom is 0.355 e. The average molecular weight is 565 g/mol. The van der Waals surface area contributed by atoms with Gasteiger partial charge >= 0.3 is 11.9 Å². The third-order valence-corrected chi connectivity index (χ3v) is 9.54. The molecule has 11 heteroatoms. The number of rotatable bonds is 6. The zero-order valence-corrected chi connectivity index (χ0v) is 23.6. The first-order valence-corrected chi connectivity index (χ1v) is 14.3. The van der Waals surface area contributed by atoms with Crippen molar-refractivity contribution in [3.63, 3.8) is 0 Å². The second kappa shape index (κ2) is 11.5. The Bertz CT molecular complexity index is 1500. The SMILES string of the molecule is COC(=O)C1=C(C(=O)OC)N(c2ccc(S(=O)(=O)N3C(C)CCCC3C)cc2)C(N)=C(C#N)C1c1ccccc1. The van der Waals surface area contributed by atoms with Gasteiger partial charge in [-0.05, 0) is 56.5 Å². The molecule has 1 fully saturated rings. The molecule has 2 aromatic carbocycles. The molecule has 40 heavy (non-hydrogen) atoms. The first-order valence-electron chi connectivity index (χ1n) is 12.9. The van der Waals surface area contributed by atoms with Gasteiger partial charge in [0.25, 0.3) is 0 Å². The van der Waals surface area contributed by atoms with Gasteiger partial charge in [-0.2, -0.15) is 9.57 Å². The number of esters is 2. The molecule has 0 saturated carbocycles. The molecule has 2 aliphatic rings. The van der Waals surface area contributed by atoms with E-state index in [1.807, 2.05) is 13.8 Å². The Balaban J connectivity index is 1.89. The number of anilines is 1. The Kier molecular flexibility index (Phi) is 8.32. The number of methoxy groups -OCH3 is 2. The normalized spacial score (nSPS) is 22.1. The average Bonchev–Trinajstić information content (AvgIpc) is 2.96. The van der Waals surface area contributed by atoms with Gasteiger partial charge in [-0.15, -0.1) is 0 Å². The van der Waals surface area contributed by atoms with E-state index in [4.69, 9.17) is 15.2 Å². The lowest BCUT2D eigenvalue weighted by molar-refractivity contribution is -0.139. The topological polar surface area (TPSA) is 143 Å². The molecule has 2 heterocycles. The number of nitrogens with two attached hydrogens (primary N) is 1. The largest absolute Gasteiger partial charge is 0.466 e. The maximum atomic E-state index is 13.5. The number of nitriles is 1. The van der Waals surface area contributed by atoms with Gasteiger partial charge in [-0.3, -0.25) is 4.90 Å². The highest BCUT2D eigenvalue weighted by Crippen LogP contribution is 2.43. The predicted molar refractivity (Wildman–Crippen MR) is 148 cm³/mol. The summed E-state index contributed by atoms with van der Waals surface area (Å²) in [5, 5.41) is 10.2. The third-order valence-electron chi connectivity index (χ3n) is 7.39. The number of piperidine rings is 1. The van der Waals surface area contributed by atoms with Gasteiger partial charge < -0.3 is 15.2 Å². The quantitative estimate of drug-likeness (QED) is 0.521. The van der Waals surface area contributed by atoms with Crippen LogP contribution in [-0.4, -0.2) is 51.0 Å². The number of benzene rings is 2. The van der Waals surface area contributed by atoms with Gasteiger partial charge in [-0.25, -0.2) is 18.0 Å². The van der Waals surface area contributed by atoms with Gasteiger partial charge in [-0.1, -0.05) is 36.8 Å². The van der Waals surface area contributed by atoms with Gasteiger partial charge in [0.1, 0.15) is 11.5 Å². The number of nitrogens with zero attached hydrogens (tertiary/aromatic N) is 3. The molecule has 2 aromatic rings. The zero-order chi connectivity index (χ0) is 29.2. The van der Waals surface area contributed by atoms with Crippen LogP contribution in [0.5, 0.6) is 0 Å². The van der Waals surface area contributed by atoms with Crippen LogP contribution in [-0.2, 0) is 29.1 Å². The van der Waals surface area contributed by atoms with Crippen molar-refractivity contribution in [3.8, 4) is 6.07 Å². The van der Waals surface area contributed by atoms with Crippen LogP contribution in [0.25, 0.3) is 0 Å². The number of hydrogen-bond donors (Lipinski definition) is 1. The Morgan fingerprint density at radius 2 is 1.52 bits per heavy atom. The van der Waals surface area contributed by atoms with E-state index in [-0.39, 0.29) is 45.3 Å². The van der Waals surface area contributed by atoms with Crippen LogP contribution in [0.2, 0.25) is 0 Å². The van der Waals surface area contributed by atoms with Gasteiger partial charge in [0.15, 0.2) is 0 Å². The Hall–Kier alpha value is -4.14. The molecule has 0 amide bonds. The number of ether oxygens (including phenoxy) is 2. The molecular weight excluding hydrogens is 532 g/mol. The molecule has 2 N–H and O–H groups in total.